The van der Waals surface area contributed by atoms with Crippen LogP contribution in [0.15, 0.2) is 30.5 Å². The van der Waals surface area contributed by atoms with Crippen LogP contribution >= 0.6 is 11.3 Å². The van der Waals surface area contributed by atoms with E-state index in [1.54, 1.807) is 10.8 Å². The maximum atomic E-state index is 12.4. The quantitative estimate of drug-likeness (QED) is 0.784. The molecule has 1 heterocycles. The van der Waals surface area contributed by atoms with Crippen molar-refractivity contribution in [1.29, 1.82) is 0 Å². The Balaban J connectivity index is 2.39. The summed E-state index contributed by atoms with van der Waals surface area (Å²) in [4.78, 5) is 1.00. The molecule has 0 aliphatic heterocycles. The predicted octanol–water partition coefficient (Wildman–Crippen LogP) is 2.93. The van der Waals surface area contributed by atoms with Crippen LogP contribution in [-0.4, -0.2) is 0 Å². The molecule has 2 N–H and O–H groups in total. The van der Waals surface area contributed by atoms with Crippen molar-refractivity contribution in [3.05, 3.63) is 40.9 Å². The number of nitrogen functional groups attached to an aromatic ring is 1. The number of aromatic nitrogens is 1. The summed E-state index contributed by atoms with van der Waals surface area (Å²) in [6, 6.07) is 4.92. The summed E-state index contributed by atoms with van der Waals surface area (Å²) in [6.07, 6.45) is -2.51. The standard InChI is InChI=1S/C11H9F3N2S/c1-7-6-16(10(15)17-7)9-4-2-8(3-5-9)11(12,13)14/h2-6,15H,1H3/p+1. The third kappa shape index (κ3) is 2.41. The van der Waals surface area contributed by atoms with Crippen LogP contribution in [0.25, 0.3) is 5.69 Å². The van der Waals surface area contributed by atoms with Crippen LogP contribution in [0.3, 0.4) is 0 Å². The summed E-state index contributed by atoms with van der Waals surface area (Å²) < 4.78 is 38.8. The second kappa shape index (κ2) is 4.03. The van der Waals surface area contributed by atoms with Crippen LogP contribution in [0.4, 0.5) is 18.3 Å². The molecule has 0 bridgehead atoms. The number of halogens is 3. The Morgan fingerprint density at radius 2 is 1.76 bits per heavy atom. The highest BCUT2D eigenvalue weighted by molar-refractivity contribution is 7.14. The Hall–Kier alpha value is -1.56. The van der Waals surface area contributed by atoms with Gasteiger partial charge >= 0.3 is 11.3 Å². The van der Waals surface area contributed by atoms with Gasteiger partial charge in [0.05, 0.1) is 5.56 Å². The van der Waals surface area contributed by atoms with Gasteiger partial charge in [-0.3, -0.25) is 5.73 Å². The van der Waals surface area contributed by atoms with Crippen molar-refractivity contribution in [3.8, 4) is 5.69 Å². The number of hydrogen-bond donors (Lipinski definition) is 1. The van der Waals surface area contributed by atoms with E-state index in [0.717, 1.165) is 17.0 Å². The number of nitrogens with two attached hydrogens (primary N) is 1. The van der Waals surface area contributed by atoms with Gasteiger partial charge in [-0.2, -0.15) is 17.7 Å². The third-order valence-corrected chi connectivity index (χ3v) is 3.12. The average Bonchev–Trinajstić information content (AvgIpc) is 2.57. The summed E-state index contributed by atoms with van der Waals surface area (Å²) in [6.45, 7) is 1.89. The van der Waals surface area contributed by atoms with Crippen LogP contribution in [0.5, 0.6) is 0 Å². The molecular weight excluding hydrogens is 249 g/mol. The first kappa shape index (κ1) is 11.9. The highest BCUT2D eigenvalue weighted by Crippen LogP contribution is 2.29. The molecular formula is C11H10F3N2S+. The van der Waals surface area contributed by atoms with Crippen LogP contribution < -0.4 is 10.3 Å². The summed E-state index contributed by atoms with van der Waals surface area (Å²) in [7, 11) is 0. The second-order valence-corrected chi connectivity index (χ2v) is 4.86. The van der Waals surface area contributed by atoms with Crippen molar-refractivity contribution >= 4 is 16.5 Å². The third-order valence-electron chi connectivity index (χ3n) is 2.29. The lowest BCUT2D eigenvalue weighted by molar-refractivity contribution is -0.575. The maximum absolute atomic E-state index is 12.4. The predicted molar refractivity (Wildman–Crippen MR) is 60.0 cm³/mol. The van der Waals surface area contributed by atoms with E-state index in [9.17, 15) is 13.2 Å². The molecule has 0 unspecified atom stereocenters. The molecule has 2 nitrogen and oxygen atoms in total. The van der Waals surface area contributed by atoms with E-state index in [4.69, 9.17) is 5.73 Å². The van der Waals surface area contributed by atoms with Gasteiger partial charge in [-0.15, -0.1) is 0 Å². The van der Waals surface area contributed by atoms with Crippen LogP contribution in [-0.2, 0) is 6.18 Å². The fourth-order valence-electron chi connectivity index (χ4n) is 1.50. The van der Waals surface area contributed by atoms with Gasteiger partial charge < -0.3 is 0 Å². The number of hydrogen-bond acceptors (Lipinski definition) is 2. The smallest absolute Gasteiger partial charge is 0.277 e. The first-order chi connectivity index (χ1) is 7.88. The van der Waals surface area contributed by atoms with Crippen LogP contribution in [0.1, 0.15) is 10.4 Å². The van der Waals surface area contributed by atoms with Crippen LogP contribution in [0, 0.1) is 6.92 Å². The molecule has 90 valence electrons. The molecule has 0 amide bonds. The summed E-state index contributed by atoms with van der Waals surface area (Å²) in [5.74, 6) is 0. The SMILES string of the molecule is Cc1c[n+](-c2ccc(C(F)(F)F)cc2)c(N)s1. The fraction of sp³-hybridized carbons (Fsp3) is 0.182. The number of rotatable bonds is 1. The highest BCUT2D eigenvalue weighted by atomic mass is 32.1. The van der Waals surface area contributed by atoms with Crippen molar-refractivity contribution in [1.82, 2.24) is 0 Å². The number of aryl methyl sites for hydroxylation is 1. The zero-order valence-corrected chi connectivity index (χ0v) is 9.77. The Bertz CT molecular complexity index is 529. The van der Waals surface area contributed by atoms with E-state index >= 15 is 0 Å². The molecule has 17 heavy (non-hydrogen) atoms. The Morgan fingerprint density at radius 1 is 1.18 bits per heavy atom. The Labute approximate surface area is 100 Å². The van der Waals surface area contributed by atoms with E-state index in [1.807, 2.05) is 6.92 Å². The second-order valence-electron chi connectivity index (χ2n) is 3.59. The Kier molecular flexibility index (Phi) is 2.82. The minimum absolute atomic E-state index is 0.544. The normalized spacial score (nSPS) is 11.8. The minimum atomic E-state index is -4.31. The number of thiazole rings is 1. The van der Waals surface area contributed by atoms with Crippen molar-refractivity contribution in [2.75, 3.05) is 5.73 Å². The Morgan fingerprint density at radius 3 is 2.18 bits per heavy atom. The van der Waals surface area contributed by atoms with Gasteiger partial charge in [0.1, 0.15) is 11.9 Å². The first-order valence-electron chi connectivity index (χ1n) is 4.83. The average molecular weight is 259 g/mol. The lowest BCUT2D eigenvalue weighted by Crippen LogP contribution is -2.30. The van der Waals surface area contributed by atoms with Gasteiger partial charge in [0.2, 0.25) is 0 Å². The molecule has 0 saturated heterocycles. The van der Waals surface area contributed by atoms with E-state index in [2.05, 4.69) is 0 Å². The maximum Gasteiger partial charge on any atom is 0.416 e. The molecule has 2 aromatic rings. The molecule has 1 aromatic carbocycles. The lowest BCUT2D eigenvalue weighted by Gasteiger charge is -2.06. The van der Waals surface area contributed by atoms with E-state index in [1.165, 1.54) is 23.5 Å². The van der Waals surface area contributed by atoms with Crippen molar-refractivity contribution in [2.45, 2.75) is 13.1 Å². The largest absolute Gasteiger partial charge is 0.416 e. The summed E-state index contributed by atoms with van der Waals surface area (Å²) >= 11 is 1.39. The molecule has 1 aromatic heterocycles. The van der Waals surface area contributed by atoms with Gasteiger partial charge in [-0.1, -0.05) is 11.3 Å². The molecule has 0 aliphatic rings. The number of anilines is 1. The number of nitrogens with zero attached hydrogens (tertiary/aromatic N) is 1. The fourth-order valence-corrected chi connectivity index (χ4v) is 2.24. The van der Waals surface area contributed by atoms with Crippen molar-refractivity contribution < 1.29 is 17.7 Å². The highest BCUT2D eigenvalue weighted by Gasteiger charge is 2.30. The van der Waals surface area contributed by atoms with Crippen LogP contribution in [0.2, 0.25) is 0 Å². The van der Waals surface area contributed by atoms with E-state index < -0.39 is 11.7 Å². The van der Waals surface area contributed by atoms with E-state index in [-0.39, 0.29) is 0 Å². The van der Waals surface area contributed by atoms with Crippen molar-refractivity contribution in [2.24, 2.45) is 0 Å². The summed E-state index contributed by atoms with van der Waals surface area (Å²) in [5, 5.41) is 0.544. The molecule has 0 aliphatic carbocycles. The summed E-state index contributed by atoms with van der Waals surface area (Å²) in [5.41, 5.74) is 5.72. The number of alkyl halides is 3. The zero-order chi connectivity index (χ0) is 12.6. The first-order valence-corrected chi connectivity index (χ1v) is 5.65. The molecule has 2 rings (SSSR count). The van der Waals surface area contributed by atoms with E-state index in [0.29, 0.717) is 10.8 Å². The van der Waals surface area contributed by atoms with Gasteiger partial charge in [-0.25, -0.2) is 0 Å². The monoisotopic (exact) mass is 259 g/mol. The molecule has 6 heteroatoms. The van der Waals surface area contributed by atoms with Gasteiger partial charge in [0.15, 0.2) is 0 Å². The molecule has 0 spiro atoms. The zero-order valence-electron chi connectivity index (χ0n) is 8.95. The molecule has 0 saturated carbocycles. The van der Waals surface area contributed by atoms with Gasteiger partial charge in [0.25, 0.3) is 0 Å². The lowest BCUT2D eigenvalue weighted by atomic mass is 10.2. The van der Waals surface area contributed by atoms with Crippen molar-refractivity contribution in [3.63, 3.8) is 0 Å². The van der Waals surface area contributed by atoms with Gasteiger partial charge in [-0.05, 0) is 31.2 Å². The number of benzene rings is 1. The minimum Gasteiger partial charge on any atom is -0.277 e. The molecule has 0 radical (unpaired) electrons. The van der Waals surface area contributed by atoms with Gasteiger partial charge in [0, 0.05) is 4.88 Å². The molecule has 0 fully saturated rings. The molecule has 0 atom stereocenters. The topological polar surface area (TPSA) is 29.9 Å².